The minimum absolute atomic E-state index is 0.166. The summed E-state index contributed by atoms with van der Waals surface area (Å²) in [5.74, 6) is 0.706. The highest BCUT2D eigenvalue weighted by atomic mass is 32.2. The summed E-state index contributed by atoms with van der Waals surface area (Å²) >= 11 is 0. The first-order valence-corrected chi connectivity index (χ1v) is 8.09. The lowest BCUT2D eigenvalue weighted by Crippen LogP contribution is -2.29. The maximum absolute atomic E-state index is 11.7. The molecule has 2 rings (SSSR count). The summed E-state index contributed by atoms with van der Waals surface area (Å²) in [5.41, 5.74) is 3.20. The number of aromatic nitrogens is 2. The second-order valence-corrected chi connectivity index (χ2v) is 7.08. The molecule has 2 aromatic rings. The minimum atomic E-state index is -3.57. The number of anilines is 3. The Morgan fingerprint density at radius 2 is 1.50 bits per heavy atom. The molecule has 0 aliphatic heterocycles. The van der Waals surface area contributed by atoms with Gasteiger partial charge in [0.25, 0.3) is 0 Å². The smallest absolute Gasteiger partial charge is 0.302 e. The van der Waals surface area contributed by atoms with Crippen LogP contribution in [0.1, 0.15) is 11.1 Å². The summed E-state index contributed by atoms with van der Waals surface area (Å²) in [4.78, 5) is 0. The first-order chi connectivity index (χ1) is 10.3. The Labute approximate surface area is 130 Å². The fraction of sp³-hybridized carbons (Fsp3) is 0.286. The number of hydrogen-bond donors (Lipinski definition) is 2. The van der Waals surface area contributed by atoms with Crippen LogP contribution in [0.25, 0.3) is 0 Å². The zero-order valence-electron chi connectivity index (χ0n) is 13.0. The summed E-state index contributed by atoms with van der Waals surface area (Å²) in [7, 11) is -0.701. The van der Waals surface area contributed by atoms with Gasteiger partial charge in [0, 0.05) is 19.8 Å². The fourth-order valence-corrected chi connectivity index (χ4v) is 2.43. The third-order valence-electron chi connectivity index (χ3n) is 2.87. The highest BCUT2D eigenvalue weighted by molar-refractivity contribution is 7.90. The molecule has 0 fully saturated rings. The van der Waals surface area contributed by atoms with Crippen LogP contribution < -0.4 is 10.0 Å². The van der Waals surface area contributed by atoms with Crippen molar-refractivity contribution in [2.75, 3.05) is 24.1 Å². The Kier molecular flexibility index (Phi) is 4.62. The molecule has 0 saturated carbocycles. The summed E-state index contributed by atoms with van der Waals surface area (Å²) < 4.78 is 26.8. The minimum Gasteiger partial charge on any atom is -0.339 e. The highest BCUT2D eigenvalue weighted by Crippen LogP contribution is 2.18. The molecule has 0 aliphatic carbocycles. The number of aryl methyl sites for hydroxylation is 2. The van der Waals surface area contributed by atoms with Crippen LogP contribution in [0.3, 0.4) is 0 Å². The van der Waals surface area contributed by atoms with E-state index in [2.05, 4.69) is 26.3 Å². The molecule has 1 aromatic carbocycles. The lowest BCUT2D eigenvalue weighted by Gasteiger charge is -2.12. The number of hydrogen-bond acceptors (Lipinski definition) is 5. The number of nitrogens with one attached hydrogen (secondary N) is 2. The Bertz CT molecular complexity index is 737. The summed E-state index contributed by atoms with van der Waals surface area (Å²) in [6.45, 7) is 4.03. The van der Waals surface area contributed by atoms with Crippen LogP contribution in [0.5, 0.6) is 0 Å². The standard InChI is InChI=1S/C14H19N5O2S/c1-10-7-11(2)9-12(8-10)15-13-5-6-14(17-16-13)18-22(20,21)19(3)4/h5-9H,1-4H3,(H,15,16)(H,17,18). The molecule has 0 unspecified atom stereocenters. The molecule has 0 saturated heterocycles. The molecule has 0 aliphatic rings. The Morgan fingerprint density at radius 1 is 0.955 bits per heavy atom. The van der Waals surface area contributed by atoms with Gasteiger partial charge in [0.05, 0.1) is 0 Å². The average Bonchev–Trinajstić information content (AvgIpc) is 2.39. The SMILES string of the molecule is Cc1cc(C)cc(Nc2ccc(NS(=O)(=O)N(C)C)nn2)c1. The second kappa shape index (κ2) is 6.29. The van der Waals surface area contributed by atoms with Crippen LogP contribution in [0, 0.1) is 13.8 Å². The third kappa shape index (κ3) is 4.15. The van der Waals surface area contributed by atoms with Crippen molar-refractivity contribution in [3.63, 3.8) is 0 Å². The van der Waals surface area contributed by atoms with E-state index >= 15 is 0 Å². The van der Waals surface area contributed by atoms with Crippen molar-refractivity contribution in [1.82, 2.24) is 14.5 Å². The molecule has 0 amide bonds. The molecule has 0 atom stereocenters. The maximum Gasteiger partial charge on any atom is 0.302 e. The number of rotatable bonds is 5. The molecule has 22 heavy (non-hydrogen) atoms. The lowest BCUT2D eigenvalue weighted by molar-refractivity contribution is 0.526. The van der Waals surface area contributed by atoms with Crippen molar-refractivity contribution < 1.29 is 8.42 Å². The Balaban J connectivity index is 2.12. The largest absolute Gasteiger partial charge is 0.339 e. The van der Waals surface area contributed by atoms with E-state index in [0.717, 1.165) is 21.1 Å². The summed E-state index contributed by atoms with van der Waals surface area (Å²) in [6.07, 6.45) is 0. The fourth-order valence-electron chi connectivity index (χ4n) is 1.87. The van der Waals surface area contributed by atoms with Crippen molar-refractivity contribution in [1.29, 1.82) is 0 Å². The van der Waals surface area contributed by atoms with E-state index in [1.165, 1.54) is 14.1 Å². The van der Waals surface area contributed by atoms with E-state index in [0.29, 0.717) is 5.82 Å². The van der Waals surface area contributed by atoms with Crippen molar-refractivity contribution in [3.8, 4) is 0 Å². The zero-order valence-corrected chi connectivity index (χ0v) is 13.8. The van der Waals surface area contributed by atoms with E-state index < -0.39 is 10.2 Å². The molecular formula is C14H19N5O2S. The van der Waals surface area contributed by atoms with Crippen molar-refractivity contribution >= 4 is 27.5 Å². The summed E-state index contributed by atoms with van der Waals surface area (Å²) in [5, 5.41) is 11.0. The molecule has 1 aromatic heterocycles. The molecule has 0 radical (unpaired) electrons. The normalized spacial score (nSPS) is 11.5. The van der Waals surface area contributed by atoms with Crippen LogP contribution in [-0.4, -0.2) is 37.0 Å². The third-order valence-corrected chi connectivity index (χ3v) is 4.30. The predicted octanol–water partition coefficient (Wildman–Crippen LogP) is 2.06. The van der Waals surface area contributed by atoms with Crippen molar-refractivity contribution in [2.45, 2.75) is 13.8 Å². The molecule has 0 bridgehead atoms. The highest BCUT2D eigenvalue weighted by Gasteiger charge is 2.13. The molecule has 8 heteroatoms. The zero-order chi connectivity index (χ0) is 16.3. The van der Waals surface area contributed by atoms with Gasteiger partial charge in [0.1, 0.15) is 0 Å². The van der Waals surface area contributed by atoms with Gasteiger partial charge in [-0.1, -0.05) is 6.07 Å². The van der Waals surface area contributed by atoms with Crippen LogP contribution >= 0.6 is 0 Å². The second-order valence-electron chi connectivity index (χ2n) is 5.19. The monoisotopic (exact) mass is 321 g/mol. The number of nitrogens with zero attached hydrogens (tertiary/aromatic N) is 3. The van der Waals surface area contributed by atoms with Gasteiger partial charge in [0.15, 0.2) is 11.6 Å². The van der Waals surface area contributed by atoms with Gasteiger partial charge in [-0.15, -0.1) is 10.2 Å². The van der Waals surface area contributed by atoms with Gasteiger partial charge in [-0.2, -0.15) is 12.7 Å². The van der Waals surface area contributed by atoms with E-state index in [1.54, 1.807) is 12.1 Å². The lowest BCUT2D eigenvalue weighted by atomic mass is 10.1. The van der Waals surface area contributed by atoms with Crippen molar-refractivity contribution in [2.24, 2.45) is 0 Å². The molecular weight excluding hydrogens is 302 g/mol. The van der Waals surface area contributed by atoms with Crippen LogP contribution in [-0.2, 0) is 10.2 Å². The van der Waals surface area contributed by atoms with E-state index in [4.69, 9.17) is 0 Å². The first-order valence-electron chi connectivity index (χ1n) is 6.65. The van der Waals surface area contributed by atoms with Gasteiger partial charge in [-0.05, 0) is 49.2 Å². The van der Waals surface area contributed by atoms with Gasteiger partial charge in [0.2, 0.25) is 0 Å². The van der Waals surface area contributed by atoms with Crippen LogP contribution in [0.4, 0.5) is 17.3 Å². The molecule has 7 nitrogen and oxygen atoms in total. The van der Waals surface area contributed by atoms with Crippen LogP contribution in [0.2, 0.25) is 0 Å². The molecule has 1 heterocycles. The van der Waals surface area contributed by atoms with E-state index in [1.807, 2.05) is 26.0 Å². The Morgan fingerprint density at radius 3 is 2.00 bits per heavy atom. The van der Waals surface area contributed by atoms with Gasteiger partial charge >= 0.3 is 10.2 Å². The van der Waals surface area contributed by atoms with Crippen molar-refractivity contribution in [3.05, 3.63) is 41.5 Å². The molecule has 2 N–H and O–H groups in total. The van der Waals surface area contributed by atoms with E-state index in [-0.39, 0.29) is 5.82 Å². The Hall–Kier alpha value is -2.19. The van der Waals surface area contributed by atoms with Gasteiger partial charge in [-0.25, -0.2) is 0 Å². The maximum atomic E-state index is 11.7. The number of benzene rings is 1. The van der Waals surface area contributed by atoms with Gasteiger partial charge in [-0.3, -0.25) is 4.72 Å². The molecule has 118 valence electrons. The first kappa shape index (κ1) is 16.2. The van der Waals surface area contributed by atoms with E-state index in [9.17, 15) is 8.42 Å². The topological polar surface area (TPSA) is 87.2 Å². The summed E-state index contributed by atoms with van der Waals surface area (Å²) in [6, 6.07) is 9.29. The molecule has 0 spiro atoms. The quantitative estimate of drug-likeness (QED) is 0.880. The average molecular weight is 321 g/mol. The van der Waals surface area contributed by atoms with Gasteiger partial charge < -0.3 is 5.32 Å². The predicted molar refractivity (Wildman–Crippen MR) is 87.5 cm³/mol. The van der Waals surface area contributed by atoms with Crippen LogP contribution in [0.15, 0.2) is 30.3 Å².